The van der Waals surface area contributed by atoms with Gasteiger partial charge in [0, 0.05) is 6.54 Å². The molecule has 0 radical (unpaired) electrons. The zero-order chi connectivity index (χ0) is 13.5. The van der Waals surface area contributed by atoms with Gasteiger partial charge in [-0.3, -0.25) is 0 Å². The zero-order valence-corrected chi connectivity index (χ0v) is 11.8. The van der Waals surface area contributed by atoms with Crippen molar-refractivity contribution in [3.63, 3.8) is 0 Å². The van der Waals surface area contributed by atoms with Crippen molar-refractivity contribution in [2.45, 2.75) is 27.2 Å². The molecule has 1 heterocycles. The smallest absolute Gasteiger partial charge is 0.339 e. The van der Waals surface area contributed by atoms with E-state index in [1.54, 1.807) is 13.8 Å². The fraction of sp³-hybridized carbons (Fsp3) is 0.583. The summed E-state index contributed by atoms with van der Waals surface area (Å²) < 4.78 is 0. The number of rotatable bonds is 7. The van der Waals surface area contributed by atoms with Gasteiger partial charge in [-0.1, -0.05) is 6.92 Å². The van der Waals surface area contributed by atoms with Crippen molar-refractivity contribution in [1.29, 1.82) is 0 Å². The molecule has 1 aromatic rings. The Morgan fingerprint density at radius 3 is 2.72 bits per heavy atom. The van der Waals surface area contributed by atoms with E-state index in [-0.39, 0.29) is 5.56 Å². The number of aromatic carboxylic acids is 1. The Labute approximate surface area is 111 Å². The molecule has 0 aliphatic rings. The average molecular weight is 269 g/mol. The Morgan fingerprint density at radius 2 is 2.11 bits per heavy atom. The number of aromatic nitrogens is 2. The predicted molar refractivity (Wildman–Crippen MR) is 74.6 cm³/mol. The van der Waals surface area contributed by atoms with Crippen LogP contribution in [0.4, 0.5) is 5.82 Å². The molecule has 0 spiro atoms. The van der Waals surface area contributed by atoms with Crippen molar-refractivity contribution in [2.75, 3.05) is 23.4 Å². The minimum Gasteiger partial charge on any atom is -0.478 e. The van der Waals surface area contributed by atoms with Crippen LogP contribution in [-0.2, 0) is 0 Å². The van der Waals surface area contributed by atoms with E-state index < -0.39 is 5.97 Å². The molecule has 0 aliphatic carbocycles. The van der Waals surface area contributed by atoms with Gasteiger partial charge in [0.15, 0.2) is 5.82 Å². The quantitative estimate of drug-likeness (QED) is 0.740. The highest BCUT2D eigenvalue weighted by Gasteiger charge is 2.17. The molecular formula is C12H19N3O2S. The molecular weight excluding hydrogens is 250 g/mol. The molecule has 2 N–H and O–H groups in total. The molecule has 0 bridgehead atoms. The van der Waals surface area contributed by atoms with Gasteiger partial charge in [-0.2, -0.15) is 16.9 Å². The van der Waals surface area contributed by atoms with Crippen LogP contribution in [0.15, 0.2) is 0 Å². The second-order valence-electron chi connectivity index (χ2n) is 3.92. The maximum Gasteiger partial charge on any atom is 0.339 e. The molecule has 0 aliphatic heterocycles. The summed E-state index contributed by atoms with van der Waals surface area (Å²) in [5.41, 5.74) is 1.55. The summed E-state index contributed by atoms with van der Waals surface area (Å²) in [6.07, 6.45) is 0.978. The van der Waals surface area contributed by atoms with Gasteiger partial charge in [-0.05, 0) is 37.3 Å². The highest BCUT2D eigenvalue weighted by Crippen LogP contribution is 2.18. The highest BCUT2D eigenvalue weighted by atomic mass is 32.2. The van der Waals surface area contributed by atoms with Gasteiger partial charge in [-0.25, -0.2) is 4.79 Å². The van der Waals surface area contributed by atoms with Crippen LogP contribution in [-0.4, -0.2) is 39.3 Å². The van der Waals surface area contributed by atoms with Crippen molar-refractivity contribution in [2.24, 2.45) is 0 Å². The first-order chi connectivity index (χ1) is 8.57. The molecule has 1 aromatic heterocycles. The monoisotopic (exact) mass is 269 g/mol. The molecule has 0 atom stereocenters. The van der Waals surface area contributed by atoms with Crippen LogP contribution in [0.25, 0.3) is 0 Å². The molecule has 0 amide bonds. The normalized spacial score (nSPS) is 10.4. The number of nitrogens with one attached hydrogen (secondary N) is 1. The third-order valence-electron chi connectivity index (χ3n) is 2.63. The summed E-state index contributed by atoms with van der Waals surface area (Å²) in [6.45, 7) is 6.35. The first-order valence-corrected chi connectivity index (χ1v) is 7.12. The zero-order valence-electron chi connectivity index (χ0n) is 11.0. The van der Waals surface area contributed by atoms with Crippen LogP contribution < -0.4 is 5.32 Å². The Hall–Kier alpha value is -1.30. The largest absolute Gasteiger partial charge is 0.478 e. The molecule has 0 saturated carbocycles. The third-order valence-corrected chi connectivity index (χ3v) is 3.62. The van der Waals surface area contributed by atoms with E-state index >= 15 is 0 Å². The molecule has 18 heavy (non-hydrogen) atoms. The van der Waals surface area contributed by atoms with Gasteiger partial charge < -0.3 is 10.4 Å². The van der Waals surface area contributed by atoms with Gasteiger partial charge in [0.25, 0.3) is 0 Å². The number of thioether (sulfide) groups is 1. The highest BCUT2D eigenvalue weighted by molar-refractivity contribution is 7.99. The van der Waals surface area contributed by atoms with Crippen LogP contribution in [0.5, 0.6) is 0 Å². The Balaban J connectivity index is 2.70. The summed E-state index contributed by atoms with van der Waals surface area (Å²) >= 11 is 1.87. The summed E-state index contributed by atoms with van der Waals surface area (Å²) in [4.78, 5) is 11.2. The summed E-state index contributed by atoms with van der Waals surface area (Å²) in [7, 11) is 0. The summed E-state index contributed by atoms with van der Waals surface area (Å²) in [5.74, 6) is 1.57. The first kappa shape index (κ1) is 14.8. The van der Waals surface area contributed by atoms with E-state index in [1.807, 2.05) is 11.8 Å². The molecule has 100 valence electrons. The fourth-order valence-corrected chi connectivity index (χ4v) is 2.16. The average Bonchev–Trinajstić information content (AvgIpc) is 2.33. The lowest BCUT2D eigenvalue weighted by Crippen LogP contribution is -2.14. The van der Waals surface area contributed by atoms with Crippen LogP contribution in [0.2, 0.25) is 0 Å². The van der Waals surface area contributed by atoms with E-state index in [2.05, 4.69) is 22.4 Å². The summed E-state index contributed by atoms with van der Waals surface area (Å²) in [5, 5.41) is 20.1. The predicted octanol–water partition coefficient (Wildman–Crippen LogP) is 2.35. The number of nitrogens with zero attached hydrogens (tertiary/aromatic N) is 2. The SMILES string of the molecule is CCSCCCNc1nnc(C)c(C)c1C(=O)O. The molecule has 0 aromatic carbocycles. The van der Waals surface area contributed by atoms with Crippen molar-refractivity contribution in [1.82, 2.24) is 10.2 Å². The van der Waals surface area contributed by atoms with Crippen molar-refractivity contribution < 1.29 is 9.90 Å². The topological polar surface area (TPSA) is 75.1 Å². The van der Waals surface area contributed by atoms with E-state index in [4.69, 9.17) is 0 Å². The van der Waals surface area contributed by atoms with Crippen molar-refractivity contribution in [3.05, 3.63) is 16.8 Å². The number of carboxylic acids is 1. The number of carboxylic acid groups (broad SMARTS) is 1. The third kappa shape index (κ3) is 3.87. The van der Waals surface area contributed by atoms with E-state index in [0.717, 1.165) is 17.9 Å². The first-order valence-electron chi connectivity index (χ1n) is 5.96. The van der Waals surface area contributed by atoms with Gasteiger partial charge in [-0.15, -0.1) is 5.10 Å². The van der Waals surface area contributed by atoms with Gasteiger partial charge in [0.1, 0.15) is 5.56 Å². The number of carbonyl (C=O) groups is 1. The lowest BCUT2D eigenvalue weighted by Gasteiger charge is -2.10. The maximum absolute atomic E-state index is 11.2. The minimum atomic E-state index is -0.962. The summed E-state index contributed by atoms with van der Waals surface area (Å²) in [6, 6.07) is 0. The van der Waals surface area contributed by atoms with Gasteiger partial charge in [0.2, 0.25) is 0 Å². The van der Waals surface area contributed by atoms with Crippen LogP contribution in [0.3, 0.4) is 0 Å². The molecule has 0 unspecified atom stereocenters. The molecule has 0 fully saturated rings. The van der Waals surface area contributed by atoms with Crippen molar-refractivity contribution in [3.8, 4) is 0 Å². The van der Waals surface area contributed by atoms with E-state index in [1.165, 1.54) is 0 Å². The maximum atomic E-state index is 11.2. The minimum absolute atomic E-state index is 0.227. The molecule has 0 saturated heterocycles. The Morgan fingerprint density at radius 1 is 1.39 bits per heavy atom. The fourth-order valence-electron chi connectivity index (χ4n) is 1.52. The Kier molecular flexibility index (Phi) is 5.91. The van der Waals surface area contributed by atoms with Crippen LogP contribution in [0.1, 0.15) is 35.0 Å². The van der Waals surface area contributed by atoms with Crippen LogP contribution >= 0.6 is 11.8 Å². The molecule has 1 rings (SSSR count). The number of aryl methyl sites for hydroxylation is 1. The van der Waals surface area contributed by atoms with E-state index in [0.29, 0.717) is 23.6 Å². The van der Waals surface area contributed by atoms with E-state index in [9.17, 15) is 9.90 Å². The molecule has 6 heteroatoms. The number of anilines is 1. The van der Waals surface area contributed by atoms with Gasteiger partial charge in [0.05, 0.1) is 5.69 Å². The second kappa shape index (κ2) is 7.20. The lowest BCUT2D eigenvalue weighted by molar-refractivity contribution is 0.0696. The van der Waals surface area contributed by atoms with Crippen molar-refractivity contribution >= 4 is 23.5 Å². The Bertz CT molecular complexity index is 424. The van der Waals surface area contributed by atoms with Crippen LogP contribution in [0, 0.1) is 13.8 Å². The second-order valence-corrected chi connectivity index (χ2v) is 5.31. The number of hydrogen-bond acceptors (Lipinski definition) is 5. The molecule has 5 nitrogen and oxygen atoms in total. The van der Waals surface area contributed by atoms with Gasteiger partial charge >= 0.3 is 5.97 Å². The number of hydrogen-bond donors (Lipinski definition) is 2. The lowest BCUT2D eigenvalue weighted by atomic mass is 10.1. The standard InChI is InChI=1S/C12H19N3O2S/c1-4-18-7-5-6-13-11-10(12(16)17)8(2)9(3)14-15-11/h4-7H2,1-3H3,(H,13,15)(H,16,17).